The van der Waals surface area contributed by atoms with E-state index in [0.717, 1.165) is 34.8 Å². The Morgan fingerprint density at radius 3 is 2.10 bits per heavy atom. The van der Waals surface area contributed by atoms with Gasteiger partial charge in [0, 0.05) is 12.3 Å². The molecule has 0 unspecified atom stereocenters. The van der Waals surface area contributed by atoms with Gasteiger partial charge in [-0.25, -0.2) is 0 Å². The zero-order valence-electron chi connectivity index (χ0n) is 20.3. The van der Waals surface area contributed by atoms with Gasteiger partial charge in [0.05, 0.1) is 5.70 Å². The minimum Gasteiger partial charge on any atom is -0.489 e. The van der Waals surface area contributed by atoms with Crippen LogP contribution in [0.15, 0.2) is 59.6 Å². The monoisotopic (exact) mass is 420 g/mol. The van der Waals surface area contributed by atoms with Gasteiger partial charge in [-0.05, 0) is 75.5 Å². The van der Waals surface area contributed by atoms with E-state index in [0.29, 0.717) is 12.5 Å². The van der Waals surface area contributed by atoms with Gasteiger partial charge in [-0.15, -0.1) is 0 Å². The molecule has 0 spiro atoms. The summed E-state index contributed by atoms with van der Waals surface area (Å²) in [6.45, 7) is 10.1. The average molecular weight is 421 g/mol. The van der Waals surface area contributed by atoms with Crippen molar-refractivity contribution >= 4 is 11.4 Å². The molecule has 0 saturated heterocycles. The van der Waals surface area contributed by atoms with Crippen LogP contribution in [0.5, 0.6) is 5.75 Å². The summed E-state index contributed by atoms with van der Waals surface area (Å²) in [5.41, 5.74) is 5.84. The van der Waals surface area contributed by atoms with Gasteiger partial charge < -0.3 is 9.64 Å². The Balaban J connectivity index is 1.97. The predicted molar refractivity (Wildman–Crippen MR) is 135 cm³/mol. The van der Waals surface area contributed by atoms with Crippen molar-refractivity contribution in [2.75, 3.05) is 20.6 Å². The summed E-state index contributed by atoms with van der Waals surface area (Å²) in [6, 6.07) is 17.2. The van der Waals surface area contributed by atoms with Crippen LogP contribution in [0.3, 0.4) is 0 Å². The van der Waals surface area contributed by atoms with Crippen molar-refractivity contribution < 1.29 is 4.74 Å². The van der Waals surface area contributed by atoms with Crippen LogP contribution in [0.1, 0.15) is 76.0 Å². The number of nitrogens with zero attached hydrogens (tertiary/aromatic N) is 2. The van der Waals surface area contributed by atoms with Gasteiger partial charge in [0.1, 0.15) is 12.4 Å². The average Bonchev–Trinajstić information content (AvgIpc) is 2.76. The summed E-state index contributed by atoms with van der Waals surface area (Å²) >= 11 is 0. The number of benzene rings is 2. The topological polar surface area (TPSA) is 24.8 Å². The summed E-state index contributed by atoms with van der Waals surface area (Å²) in [4.78, 5) is 6.91. The van der Waals surface area contributed by atoms with E-state index in [-0.39, 0.29) is 0 Å². The van der Waals surface area contributed by atoms with Crippen LogP contribution < -0.4 is 4.74 Å². The summed E-state index contributed by atoms with van der Waals surface area (Å²) in [5.74, 6) is 1.60. The van der Waals surface area contributed by atoms with Gasteiger partial charge in [0.25, 0.3) is 0 Å². The molecule has 0 aliphatic heterocycles. The molecule has 0 amide bonds. The molecule has 3 heteroatoms. The zero-order chi connectivity index (χ0) is 22.6. The van der Waals surface area contributed by atoms with E-state index in [1.807, 2.05) is 6.92 Å². The molecule has 0 aliphatic carbocycles. The van der Waals surface area contributed by atoms with Crippen LogP contribution >= 0.6 is 0 Å². The first-order valence-corrected chi connectivity index (χ1v) is 11.6. The van der Waals surface area contributed by atoms with E-state index in [2.05, 4.69) is 94.4 Å². The largest absolute Gasteiger partial charge is 0.489 e. The Labute approximate surface area is 189 Å². The lowest BCUT2D eigenvalue weighted by Gasteiger charge is -2.16. The van der Waals surface area contributed by atoms with Crippen LogP contribution in [0.2, 0.25) is 0 Å². The standard InChI is InChI=1S/C28H40N2O/c1-7-10-24(11-8-2)25-16-18-27(19-17-25)31-21-23-12-14-26(15-13-23)28(9-3)29-22(4)20-30(5)6/h9,12-19,24H,7-8,10-11,20-21H2,1-6H3/b28-9-,29-22?. The SMILES string of the molecule is C/C=C(\N=C(C)CN(C)C)c1ccc(COc2ccc(C(CCC)CCC)cc2)cc1. The Hall–Kier alpha value is -2.39. The second kappa shape index (κ2) is 13.1. The fraction of sp³-hybridized carbons (Fsp3) is 0.464. The third-order valence-corrected chi connectivity index (χ3v) is 5.41. The molecule has 2 aromatic rings. The molecule has 0 atom stereocenters. The summed E-state index contributed by atoms with van der Waals surface area (Å²) in [6.07, 6.45) is 7.04. The van der Waals surface area contributed by atoms with Gasteiger partial charge in [0.2, 0.25) is 0 Å². The van der Waals surface area contributed by atoms with Gasteiger partial charge in [0.15, 0.2) is 0 Å². The van der Waals surface area contributed by atoms with Crippen LogP contribution in [0.4, 0.5) is 0 Å². The Kier molecular flexibility index (Phi) is 10.5. The van der Waals surface area contributed by atoms with Crippen LogP contribution in [-0.2, 0) is 6.61 Å². The van der Waals surface area contributed by atoms with Crippen LogP contribution in [-0.4, -0.2) is 31.3 Å². The van der Waals surface area contributed by atoms with E-state index in [1.54, 1.807) is 0 Å². The Bertz CT molecular complexity index is 826. The summed E-state index contributed by atoms with van der Waals surface area (Å²) in [7, 11) is 4.12. The maximum absolute atomic E-state index is 6.03. The maximum atomic E-state index is 6.03. The maximum Gasteiger partial charge on any atom is 0.119 e. The highest BCUT2D eigenvalue weighted by molar-refractivity contribution is 5.89. The highest BCUT2D eigenvalue weighted by Gasteiger charge is 2.10. The summed E-state index contributed by atoms with van der Waals surface area (Å²) < 4.78 is 6.03. The molecular weight excluding hydrogens is 380 g/mol. The third kappa shape index (κ3) is 8.34. The third-order valence-electron chi connectivity index (χ3n) is 5.41. The number of aliphatic imine (C=N–C) groups is 1. The molecule has 0 saturated carbocycles. The van der Waals surface area contributed by atoms with E-state index in [1.165, 1.54) is 31.2 Å². The molecule has 2 rings (SSSR count). The highest BCUT2D eigenvalue weighted by atomic mass is 16.5. The second-order valence-electron chi connectivity index (χ2n) is 8.59. The molecule has 168 valence electrons. The number of ether oxygens (including phenoxy) is 1. The van der Waals surface area contributed by atoms with Crippen molar-refractivity contribution in [3.63, 3.8) is 0 Å². The first-order valence-electron chi connectivity index (χ1n) is 11.6. The Morgan fingerprint density at radius 1 is 0.968 bits per heavy atom. The quantitative estimate of drug-likeness (QED) is 0.336. The van der Waals surface area contributed by atoms with Crippen molar-refractivity contribution in [3.8, 4) is 5.75 Å². The number of allylic oxidation sites excluding steroid dienone is 1. The van der Waals surface area contributed by atoms with Crippen molar-refractivity contribution in [2.45, 2.75) is 65.9 Å². The van der Waals surface area contributed by atoms with E-state index < -0.39 is 0 Å². The minimum atomic E-state index is 0.571. The lowest BCUT2D eigenvalue weighted by Crippen LogP contribution is -2.19. The van der Waals surface area contributed by atoms with E-state index >= 15 is 0 Å². The minimum absolute atomic E-state index is 0.571. The van der Waals surface area contributed by atoms with E-state index in [9.17, 15) is 0 Å². The van der Waals surface area contributed by atoms with Crippen molar-refractivity contribution in [1.29, 1.82) is 0 Å². The first-order chi connectivity index (χ1) is 15.0. The van der Waals surface area contributed by atoms with Crippen LogP contribution in [0.25, 0.3) is 5.70 Å². The number of hydrogen-bond donors (Lipinski definition) is 0. The number of hydrogen-bond acceptors (Lipinski definition) is 3. The van der Waals surface area contributed by atoms with Crippen molar-refractivity contribution in [1.82, 2.24) is 4.90 Å². The van der Waals surface area contributed by atoms with E-state index in [4.69, 9.17) is 9.73 Å². The summed E-state index contributed by atoms with van der Waals surface area (Å²) in [5, 5.41) is 0. The molecule has 0 aliphatic rings. The van der Waals surface area contributed by atoms with Gasteiger partial charge in [-0.2, -0.15) is 0 Å². The molecule has 0 fully saturated rings. The fourth-order valence-corrected chi connectivity index (χ4v) is 3.94. The zero-order valence-corrected chi connectivity index (χ0v) is 20.3. The first kappa shape index (κ1) is 24.9. The fourth-order valence-electron chi connectivity index (χ4n) is 3.94. The lowest BCUT2D eigenvalue weighted by atomic mass is 9.90. The molecule has 0 N–H and O–H groups in total. The lowest BCUT2D eigenvalue weighted by molar-refractivity contribution is 0.306. The van der Waals surface area contributed by atoms with Gasteiger partial charge in [-0.3, -0.25) is 4.99 Å². The Morgan fingerprint density at radius 2 is 1.58 bits per heavy atom. The molecule has 31 heavy (non-hydrogen) atoms. The molecule has 3 nitrogen and oxygen atoms in total. The predicted octanol–water partition coefficient (Wildman–Crippen LogP) is 7.33. The molecule has 0 bridgehead atoms. The van der Waals surface area contributed by atoms with Gasteiger partial charge >= 0.3 is 0 Å². The van der Waals surface area contributed by atoms with Crippen molar-refractivity contribution in [3.05, 3.63) is 71.3 Å². The molecule has 2 aromatic carbocycles. The highest BCUT2D eigenvalue weighted by Crippen LogP contribution is 2.28. The molecule has 0 heterocycles. The normalized spacial score (nSPS) is 12.6. The number of rotatable bonds is 12. The smallest absolute Gasteiger partial charge is 0.119 e. The molecule has 0 aromatic heterocycles. The molecular formula is C28H40N2O. The van der Waals surface area contributed by atoms with Crippen LogP contribution in [0, 0.1) is 0 Å². The second-order valence-corrected chi connectivity index (χ2v) is 8.59. The van der Waals surface area contributed by atoms with Gasteiger partial charge in [-0.1, -0.05) is 69.2 Å². The molecule has 0 radical (unpaired) electrons. The van der Waals surface area contributed by atoms with Crippen molar-refractivity contribution in [2.24, 2.45) is 4.99 Å².